The number of nitrogens with one attached hydrogen (secondary N) is 1. The Morgan fingerprint density at radius 1 is 1.08 bits per heavy atom. The molecular weight excluding hydrogens is 492 g/mol. The number of anilines is 2. The minimum atomic E-state index is -2.92. The Labute approximate surface area is 209 Å². The normalized spacial score (nSPS) is 16.3. The summed E-state index contributed by atoms with van der Waals surface area (Å²) >= 11 is 0. The van der Waals surface area contributed by atoms with Crippen molar-refractivity contribution in [1.29, 1.82) is 0 Å². The lowest BCUT2D eigenvalue weighted by Gasteiger charge is -2.31. The standard InChI is InChI=1S/C25H22F4N6O2/c1-14-12-35(8-9-36-14)13-15-2-4-17(18(26)10-15)20-6-7-30-25(31-20)32-21-5-3-16(11-19(21)27)23-33-34-24(37-23)22(28)29/h2-7,10-11,14,22H,8-9,12-13H2,1H3,(H,30,31,32)/t14-/m0/s1. The van der Waals surface area contributed by atoms with E-state index >= 15 is 0 Å². The number of rotatable bonds is 7. The van der Waals surface area contributed by atoms with E-state index in [1.807, 2.05) is 13.0 Å². The first-order valence-electron chi connectivity index (χ1n) is 11.5. The first kappa shape index (κ1) is 24.8. The molecule has 12 heteroatoms. The Kier molecular flexibility index (Phi) is 7.10. The largest absolute Gasteiger partial charge is 0.415 e. The van der Waals surface area contributed by atoms with Crippen molar-refractivity contribution >= 4 is 11.6 Å². The summed E-state index contributed by atoms with van der Waals surface area (Å²) in [5, 5.41) is 9.49. The summed E-state index contributed by atoms with van der Waals surface area (Å²) in [7, 11) is 0. The number of alkyl halides is 2. The molecule has 1 aliphatic heterocycles. The van der Waals surface area contributed by atoms with Gasteiger partial charge in [-0.2, -0.15) is 8.78 Å². The van der Waals surface area contributed by atoms with Crippen molar-refractivity contribution in [2.75, 3.05) is 25.0 Å². The number of nitrogens with zero attached hydrogens (tertiary/aromatic N) is 5. The van der Waals surface area contributed by atoms with E-state index in [2.05, 4.69) is 30.4 Å². The van der Waals surface area contributed by atoms with Crippen LogP contribution in [0.2, 0.25) is 0 Å². The van der Waals surface area contributed by atoms with E-state index in [9.17, 15) is 17.6 Å². The number of aromatic nitrogens is 4. The SMILES string of the molecule is C[C@H]1CN(Cc2ccc(-c3ccnc(Nc4ccc(-c5nnc(C(F)F)o5)cc4F)n3)c(F)c2)CCO1. The average Bonchev–Trinajstić information content (AvgIpc) is 3.37. The van der Waals surface area contributed by atoms with Gasteiger partial charge in [0.2, 0.25) is 11.8 Å². The van der Waals surface area contributed by atoms with Crippen molar-refractivity contribution in [1.82, 2.24) is 25.1 Å². The second kappa shape index (κ2) is 10.6. The van der Waals surface area contributed by atoms with E-state index in [1.54, 1.807) is 12.1 Å². The highest BCUT2D eigenvalue weighted by Gasteiger charge is 2.19. The molecular formula is C25H22F4N6O2. The highest BCUT2D eigenvalue weighted by atomic mass is 19.3. The number of hydrogen-bond acceptors (Lipinski definition) is 8. The van der Waals surface area contributed by atoms with Gasteiger partial charge in [0.1, 0.15) is 11.6 Å². The Morgan fingerprint density at radius 2 is 1.95 bits per heavy atom. The Hall–Kier alpha value is -3.90. The fourth-order valence-electron chi connectivity index (χ4n) is 4.04. The van der Waals surface area contributed by atoms with Crippen molar-refractivity contribution in [2.45, 2.75) is 26.0 Å². The molecule has 1 aliphatic rings. The number of hydrogen-bond donors (Lipinski definition) is 1. The number of benzene rings is 2. The lowest BCUT2D eigenvalue weighted by molar-refractivity contribution is -0.0212. The van der Waals surface area contributed by atoms with E-state index in [0.29, 0.717) is 18.8 Å². The third-order valence-electron chi connectivity index (χ3n) is 5.79. The van der Waals surface area contributed by atoms with Gasteiger partial charge in [-0.3, -0.25) is 4.90 Å². The Bertz CT molecular complexity index is 1400. The zero-order valence-electron chi connectivity index (χ0n) is 19.7. The van der Waals surface area contributed by atoms with Crippen molar-refractivity contribution in [2.24, 2.45) is 0 Å². The molecule has 192 valence electrons. The molecule has 1 saturated heterocycles. The topological polar surface area (TPSA) is 89.2 Å². The molecule has 1 N–H and O–H groups in total. The molecule has 0 amide bonds. The van der Waals surface area contributed by atoms with Crippen molar-refractivity contribution in [3.63, 3.8) is 0 Å². The van der Waals surface area contributed by atoms with E-state index in [4.69, 9.17) is 9.15 Å². The summed E-state index contributed by atoms with van der Waals surface area (Å²) in [5.74, 6) is -2.19. The summed E-state index contributed by atoms with van der Waals surface area (Å²) < 4.78 is 65.4. The molecule has 1 fully saturated rings. The van der Waals surface area contributed by atoms with Gasteiger partial charge in [-0.05, 0) is 48.9 Å². The van der Waals surface area contributed by atoms with Gasteiger partial charge in [-0.15, -0.1) is 10.2 Å². The van der Waals surface area contributed by atoms with Gasteiger partial charge < -0.3 is 14.5 Å². The molecule has 0 saturated carbocycles. The fourth-order valence-corrected chi connectivity index (χ4v) is 4.04. The molecule has 37 heavy (non-hydrogen) atoms. The molecule has 8 nitrogen and oxygen atoms in total. The molecule has 1 atom stereocenters. The summed E-state index contributed by atoms with van der Waals surface area (Å²) in [6.45, 7) is 4.85. The van der Waals surface area contributed by atoms with Gasteiger partial charge in [0.15, 0.2) is 0 Å². The van der Waals surface area contributed by atoms with Gasteiger partial charge in [-0.25, -0.2) is 18.7 Å². The van der Waals surface area contributed by atoms with E-state index in [1.165, 1.54) is 24.4 Å². The summed E-state index contributed by atoms with van der Waals surface area (Å²) in [5.41, 5.74) is 1.60. The van der Waals surface area contributed by atoms with Gasteiger partial charge in [0.25, 0.3) is 5.89 Å². The summed E-state index contributed by atoms with van der Waals surface area (Å²) in [4.78, 5) is 10.6. The zero-order chi connectivity index (χ0) is 25.9. The van der Waals surface area contributed by atoms with Crippen LogP contribution in [0.4, 0.5) is 29.2 Å². The molecule has 0 radical (unpaired) electrons. The third kappa shape index (κ3) is 5.75. The van der Waals surface area contributed by atoms with Gasteiger partial charge >= 0.3 is 6.43 Å². The minimum absolute atomic E-state index is 0.0186. The van der Waals surface area contributed by atoms with E-state index < -0.39 is 24.0 Å². The monoisotopic (exact) mass is 514 g/mol. The van der Waals surface area contributed by atoms with Crippen LogP contribution in [0.5, 0.6) is 0 Å². The number of ether oxygens (including phenoxy) is 1. The van der Waals surface area contributed by atoms with Crippen molar-refractivity contribution in [3.8, 4) is 22.7 Å². The van der Waals surface area contributed by atoms with E-state index in [0.717, 1.165) is 24.7 Å². The highest BCUT2D eigenvalue weighted by molar-refractivity contribution is 5.65. The van der Waals surface area contributed by atoms with Crippen LogP contribution in [0.1, 0.15) is 24.8 Å². The van der Waals surface area contributed by atoms with Crippen LogP contribution in [-0.2, 0) is 11.3 Å². The summed E-state index contributed by atoms with van der Waals surface area (Å²) in [6.07, 6.45) is -1.35. The van der Waals surface area contributed by atoms with Crippen LogP contribution in [0.3, 0.4) is 0 Å². The van der Waals surface area contributed by atoms with E-state index in [-0.39, 0.29) is 34.8 Å². The average molecular weight is 514 g/mol. The molecule has 3 heterocycles. The fraction of sp³-hybridized carbons (Fsp3) is 0.280. The van der Waals surface area contributed by atoms with Crippen LogP contribution in [0.25, 0.3) is 22.7 Å². The van der Waals surface area contributed by atoms with Gasteiger partial charge in [0, 0.05) is 37.0 Å². The van der Waals surface area contributed by atoms with Crippen LogP contribution in [-0.4, -0.2) is 50.9 Å². The van der Waals surface area contributed by atoms with Crippen LogP contribution in [0, 0.1) is 11.6 Å². The van der Waals surface area contributed by atoms with Crippen LogP contribution >= 0.6 is 0 Å². The predicted octanol–water partition coefficient (Wildman–Crippen LogP) is 5.37. The zero-order valence-corrected chi connectivity index (χ0v) is 19.7. The Balaban J connectivity index is 1.30. The van der Waals surface area contributed by atoms with Crippen molar-refractivity contribution < 1.29 is 26.7 Å². The smallest absolute Gasteiger partial charge is 0.314 e. The van der Waals surface area contributed by atoms with Crippen molar-refractivity contribution in [3.05, 3.63) is 71.8 Å². The molecule has 0 bridgehead atoms. The second-order valence-electron chi connectivity index (χ2n) is 8.56. The molecule has 2 aromatic heterocycles. The quantitative estimate of drug-likeness (QED) is 0.329. The van der Waals surface area contributed by atoms with Crippen LogP contribution < -0.4 is 5.32 Å². The molecule has 5 rings (SSSR count). The number of halogens is 4. The lowest BCUT2D eigenvalue weighted by Crippen LogP contribution is -2.40. The van der Waals surface area contributed by atoms with Crippen LogP contribution in [0.15, 0.2) is 53.1 Å². The maximum Gasteiger partial charge on any atom is 0.314 e. The lowest BCUT2D eigenvalue weighted by atomic mass is 10.1. The molecule has 0 unspecified atom stereocenters. The van der Waals surface area contributed by atoms with Gasteiger partial charge in [-0.1, -0.05) is 6.07 Å². The molecule has 4 aromatic rings. The molecule has 0 aliphatic carbocycles. The maximum atomic E-state index is 15.0. The maximum absolute atomic E-state index is 15.0. The molecule has 0 spiro atoms. The molecule has 2 aromatic carbocycles. The Morgan fingerprint density at radius 3 is 2.68 bits per heavy atom. The third-order valence-corrected chi connectivity index (χ3v) is 5.79. The minimum Gasteiger partial charge on any atom is -0.415 e. The summed E-state index contributed by atoms with van der Waals surface area (Å²) in [6, 6.07) is 10.4. The van der Waals surface area contributed by atoms with Gasteiger partial charge in [0.05, 0.1) is 24.1 Å². The highest BCUT2D eigenvalue weighted by Crippen LogP contribution is 2.28. The number of morpholine rings is 1. The second-order valence-corrected chi connectivity index (χ2v) is 8.56. The first-order valence-corrected chi connectivity index (χ1v) is 11.5. The first-order chi connectivity index (χ1) is 17.9. The predicted molar refractivity (Wildman–Crippen MR) is 126 cm³/mol.